The predicted octanol–water partition coefficient (Wildman–Crippen LogP) is 2.11. The lowest BCUT2D eigenvalue weighted by molar-refractivity contribution is -0.140. The molecule has 0 radical (unpaired) electrons. The van der Waals surface area contributed by atoms with E-state index in [1.165, 1.54) is 0 Å². The smallest absolute Gasteiger partial charge is 0.229 e. The molecule has 1 aliphatic rings. The second kappa shape index (κ2) is 5.61. The summed E-state index contributed by atoms with van der Waals surface area (Å²) >= 11 is 1.96. The van der Waals surface area contributed by atoms with Gasteiger partial charge in [0, 0.05) is 30.1 Å². The van der Waals surface area contributed by atoms with Gasteiger partial charge in [-0.2, -0.15) is 11.8 Å². The lowest BCUT2D eigenvalue weighted by atomic mass is 9.86. The van der Waals surface area contributed by atoms with Crippen LogP contribution in [0.3, 0.4) is 0 Å². The average molecular weight is 258 g/mol. The maximum atomic E-state index is 12.5. The van der Waals surface area contributed by atoms with Gasteiger partial charge in [0.05, 0.1) is 5.41 Å². The van der Waals surface area contributed by atoms with Crippen LogP contribution in [0.2, 0.25) is 0 Å². The fraction of sp³-hybridized carbons (Fsp3) is 0.923. The summed E-state index contributed by atoms with van der Waals surface area (Å²) in [5.74, 6) is 1.27. The number of nitrogens with two attached hydrogens (primary N) is 1. The number of nitrogens with zero attached hydrogens (tertiary/aromatic N) is 1. The molecule has 3 nitrogen and oxygen atoms in total. The number of carbonyl (C=O) groups excluding carboxylic acids is 1. The SMILES string of the molecule is CCC(C)(CN)C(=O)N1CCSC(C)(C)CC1. The first kappa shape index (κ1) is 14.8. The quantitative estimate of drug-likeness (QED) is 0.843. The Balaban J connectivity index is 2.70. The van der Waals surface area contributed by atoms with Crippen molar-refractivity contribution in [3.63, 3.8) is 0 Å². The van der Waals surface area contributed by atoms with Crippen LogP contribution in [-0.4, -0.2) is 40.9 Å². The highest BCUT2D eigenvalue weighted by Crippen LogP contribution is 2.32. The van der Waals surface area contributed by atoms with Gasteiger partial charge in [-0.25, -0.2) is 0 Å². The van der Waals surface area contributed by atoms with E-state index in [1.807, 2.05) is 30.5 Å². The van der Waals surface area contributed by atoms with Crippen molar-refractivity contribution in [2.75, 3.05) is 25.4 Å². The van der Waals surface area contributed by atoms with Gasteiger partial charge in [-0.3, -0.25) is 4.79 Å². The van der Waals surface area contributed by atoms with E-state index in [0.717, 1.165) is 31.7 Å². The fourth-order valence-corrected chi connectivity index (χ4v) is 3.09. The summed E-state index contributed by atoms with van der Waals surface area (Å²) in [5, 5.41) is 0. The van der Waals surface area contributed by atoms with E-state index in [2.05, 4.69) is 13.8 Å². The molecule has 0 bridgehead atoms. The van der Waals surface area contributed by atoms with Crippen LogP contribution in [0.1, 0.15) is 40.5 Å². The molecule has 0 spiro atoms. The van der Waals surface area contributed by atoms with Gasteiger partial charge >= 0.3 is 0 Å². The van der Waals surface area contributed by atoms with Crippen LogP contribution in [0.5, 0.6) is 0 Å². The van der Waals surface area contributed by atoms with Crippen molar-refractivity contribution < 1.29 is 4.79 Å². The van der Waals surface area contributed by atoms with E-state index in [-0.39, 0.29) is 11.3 Å². The Labute approximate surface area is 109 Å². The molecule has 0 saturated carbocycles. The largest absolute Gasteiger partial charge is 0.341 e. The Kier molecular flexibility index (Phi) is 4.90. The lowest BCUT2D eigenvalue weighted by Crippen LogP contribution is -2.47. The first-order chi connectivity index (χ1) is 7.84. The number of hydrogen-bond donors (Lipinski definition) is 1. The third-order valence-electron chi connectivity index (χ3n) is 3.87. The number of rotatable bonds is 3. The minimum Gasteiger partial charge on any atom is -0.341 e. The topological polar surface area (TPSA) is 46.3 Å². The maximum absolute atomic E-state index is 12.5. The fourth-order valence-electron chi connectivity index (χ4n) is 1.99. The molecule has 2 N–H and O–H groups in total. The van der Waals surface area contributed by atoms with Gasteiger partial charge in [-0.05, 0) is 19.8 Å². The molecule has 100 valence electrons. The molecule has 1 saturated heterocycles. The molecular formula is C13H26N2OS. The van der Waals surface area contributed by atoms with Crippen LogP contribution < -0.4 is 5.73 Å². The van der Waals surface area contributed by atoms with Gasteiger partial charge in [0.15, 0.2) is 0 Å². The van der Waals surface area contributed by atoms with Crippen LogP contribution in [0.25, 0.3) is 0 Å². The van der Waals surface area contributed by atoms with E-state index in [4.69, 9.17) is 5.73 Å². The Morgan fingerprint density at radius 1 is 1.47 bits per heavy atom. The van der Waals surface area contributed by atoms with Crippen LogP contribution in [0, 0.1) is 5.41 Å². The molecule has 1 fully saturated rings. The summed E-state index contributed by atoms with van der Waals surface area (Å²) < 4.78 is 0.292. The van der Waals surface area contributed by atoms with E-state index in [0.29, 0.717) is 11.3 Å². The molecule has 0 aromatic rings. The zero-order valence-corrected chi connectivity index (χ0v) is 12.4. The Morgan fingerprint density at radius 2 is 2.12 bits per heavy atom. The van der Waals surface area contributed by atoms with Crippen molar-refractivity contribution in [1.82, 2.24) is 4.90 Å². The highest BCUT2D eigenvalue weighted by atomic mass is 32.2. The molecule has 0 aliphatic carbocycles. The molecule has 0 aromatic carbocycles. The van der Waals surface area contributed by atoms with Crippen molar-refractivity contribution in [3.05, 3.63) is 0 Å². The average Bonchev–Trinajstić information content (AvgIpc) is 2.48. The van der Waals surface area contributed by atoms with Gasteiger partial charge in [-0.15, -0.1) is 0 Å². The van der Waals surface area contributed by atoms with Gasteiger partial charge in [0.1, 0.15) is 0 Å². The standard InChI is InChI=1S/C13H26N2OS/c1-5-13(4,10-14)11(16)15-7-6-12(2,3)17-9-8-15/h5-10,14H2,1-4H3. The summed E-state index contributed by atoms with van der Waals surface area (Å²) in [5.41, 5.74) is 5.39. The second-order valence-electron chi connectivity index (χ2n) is 5.77. The first-order valence-corrected chi connectivity index (χ1v) is 7.46. The Bertz CT molecular complexity index is 275. The molecule has 4 heteroatoms. The van der Waals surface area contributed by atoms with Crippen molar-refractivity contribution in [2.24, 2.45) is 11.1 Å². The molecule has 1 unspecified atom stereocenters. The van der Waals surface area contributed by atoms with E-state index in [9.17, 15) is 4.79 Å². The zero-order valence-electron chi connectivity index (χ0n) is 11.6. The van der Waals surface area contributed by atoms with E-state index < -0.39 is 0 Å². The monoisotopic (exact) mass is 258 g/mol. The Morgan fingerprint density at radius 3 is 2.65 bits per heavy atom. The van der Waals surface area contributed by atoms with Crippen LogP contribution in [0.4, 0.5) is 0 Å². The summed E-state index contributed by atoms with van der Waals surface area (Å²) in [6.07, 6.45) is 1.88. The normalized spacial score (nSPS) is 23.9. The lowest BCUT2D eigenvalue weighted by Gasteiger charge is -2.32. The molecule has 1 atom stereocenters. The number of thioether (sulfide) groups is 1. The number of hydrogen-bond acceptors (Lipinski definition) is 3. The van der Waals surface area contributed by atoms with Gasteiger partial charge in [-0.1, -0.05) is 20.8 Å². The van der Waals surface area contributed by atoms with Gasteiger partial charge < -0.3 is 10.6 Å². The van der Waals surface area contributed by atoms with Gasteiger partial charge in [0.2, 0.25) is 5.91 Å². The first-order valence-electron chi connectivity index (χ1n) is 6.48. The predicted molar refractivity (Wildman–Crippen MR) is 75.2 cm³/mol. The summed E-state index contributed by atoms with van der Waals surface area (Å²) in [6, 6.07) is 0. The Hall–Kier alpha value is -0.220. The second-order valence-corrected chi connectivity index (χ2v) is 7.57. The highest BCUT2D eigenvalue weighted by Gasteiger charge is 2.35. The molecule has 1 aliphatic heterocycles. The third kappa shape index (κ3) is 3.62. The van der Waals surface area contributed by atoms with Crippen LogP contribution >= 0.6 is 11.8 Å². The number of amides is 1. The van der Waals surface area contributed by atoms with Crippen molar-refractivity contribution in [2.45, 2.75) is 45.3 Å². The minimum atomic E-state index is -0.376. The van der Waals surface area contributed by atoms with E-state index in [1.54, 1.807) is 0 Å². The minimum absolute atomic E-state index is 0.237. The summed E-state index contributed by atoms with van der Waals surface area (Å²) in [4.78, 5) is 14.5. The summed E-state index contributed by atoms with van der Waals surface area (Å²) in [6.45, 7) is 10.7. The highest BCUT2D eigenvalue weighted by molar-refractivity contribution is 8.00. The number of carbonyl (C=O) groups is 1. The van der Waals surface area contributed by atoms with Crippen LogP contribution in [-0.2, 0) is 4.79 Å². The molecule has 1 amide bonds. The molecular weight excluding hydrogens is 232 g/mol. The molecule has 1 rings (SSSR count). The third-order valence-corrected chi connectivity index (χ3v) is 5.24. The van der Waals surface area contributed by atoms with Gasteiger partial charge in [0.25, 0.3) is 0 Å². The molecule has 0 aromatic heterocycles. The molecule has 17 heavy (non-hydrogen) atoms. The van der Waals surface area contributed by atoms with Crippen molar-refractivity contribution in [1.29, 1.82) is 0 Å². The maximum Gasteiger partial charge on any atom is 0.229 e. The van der Waals surface area contributed by atoms with Crippen molar-refractivity contribution >= 4 is 17.7 Å². The summed E-state index contributed by atoms with van der Waals surface area (Å²) in [7, 11) is 0. The molecule has 1 heterocycles. The van der Waals surface area contributed by atoms with Crippen LogP contribution in [0.15, 0.2) is 0 Å². The van der Waals surface area contributed by atoms with Crippen molar-refractivity contribution in [3.8, 4) is 0 Å². The van der Waals surface area contributed by atoms with E-state index >= 15 is 0 Å². The zero-order chi connectivity index (χ0) is 13.1.